The molecule has 1 amide bonds. The summed E-state index contributed by atoms with van der Waals surface area (Å²) in [7, 11) is 0. The maximum absolute atomic E-state index is 12.7. The number of nitrogens with zero attached hydrogens (tertiary/aromatic N) is 2. The first-order valence-corrected chi connectivity index (χ1v) is 8.06. The normalized spacial score (nSPS) is 11.1. The molecule has 1 atom stereocenters. The molecule has 2 aromatic carbocycles. The Morgan fingerprint density at radius 1 is 1.15 bits per heavy atom. The molecule has 0 bridgehead atoms. The number of nitriles is 1. The molecule has 2 aromatic rings. The zero-order valence-electron chi connectivity index (χ0n) is 14.3. The highest BCUT2D eigenvalue weighted by Crippen LogP contribution is 2.16. The number of anilines is 1. The molecule has 6 heteroatoms. The van der Waals surface area contributed by atoms with Crippen molar-refractivity contribution in [3.63, 3.8) is 0 Å². The van der Waals surface area contributed by atoms with Crippen LogP contribution in [0, 0.1) is 11.3 Å². The lowest BCUT2D eigenvalue weighted by molar-refractivity contribution is -0.126. The fraction of sp³-hybridized carbons (Fsp3) is 0.200. The van der Waals surface area contributed by atoms with Gasteiger partial charge in [-0.3, -0.25) is 9.59 Å². The van der Waals surface area contributed by atoms with Gasteiger partial charge in [0.1, 0.15) is 6.29 Å². The third kappa shape index (κ3) is 4.77. The van der Waals surface area contributed by atoms with Crippen molar-refractivity contribution in [2.45, 2.75) is 19.4 Å². The average Bonchev–Trinajstić information content (AvgIpc) is 2.68. The van der Waals surface area contributed by atoms with Crippen molar-refractivity contribution >= 4 is 23.9 Å². The van der Waals surface area contributed by atoms with E-state index in [2.05, 4.69) is 0 Å². The van der Waals surface area contributed by atoms with E-state index in [9.17, 15) is 14.4 Å². The summed E-state index contributed by atoms with van der Waals surface area (Å²) in [6.45, 7) is 1.69. The van der Waals surface area contributed by atoms with Crippen LogP contribution in [-0.2, 0) is 9.53 Å². The number of amides is 1. The van der Waals surface area contributed by atoms with Crippen molar-refractivity contribution in [2.75, 3.05) is 11.4 Å². The second-order valence-electron chi connectivity index (χ2n) is 5.52. The lowest BCUT2D eigenvalue weighted by Crippen LogP contribution is -2.40. The van der Waals surface area contributed by atoms with E-state index in [1.54, 1.807) is 24.3 Å². The Labute approximate surface area is 151 Å². The van der Waals surface area contributed by atoms with E-state index in [-0.39, 0.29) is 18.5 Å². The number of hydrogen-bond acceptors (Lipinski definition) is 5. The molecule has 0 heterocycles. The van der Waals surface area contributed by atoms with E-state index in [1.165, 1.54) is 36.1 Å². The number of benzene rings is 2. The zero-order chi connectivity index (χ0) is 18.9. The number of rotatable bonds is 7. The van der Waals surface area contributed by atoms with Gasteiger partial charge in [-0.15, -0.1) is 0 Å². The van der Waals surface area contributed by atoms with Crippen LogP contribution in [0.1, 0.15) is 34.1 Å². The molecule has 0 saturated heterocycles. The second-order valence-corrected chi connectivity index (χ2v) is 5.52. The number of ether oxygens (including phenoxy) is 1. The fourth-order valence-corrected chi connectivity index (χ4v) is 2.33. The Balaban J connectivity index is 2.10. The smallest absolute Gasteiger partial charge is 0.338 e. The number of para-hydroxylation sites is 1. The Hall–Kier alpha value is -3.46. The van der Waals surface area contributed by atoms with Crippen molar-refractivity contribution in [1.29, 1.82) is 5.26 Å². The van der Waals surface area contributed by atoms with Gasteiger partial charge in [0.2, 0.25) is 0 Å². The molecular weight excluding hydrogens is 332 g/mol. The number of carbonyl (C=O) groups excluding carboxylic acids is 3. The summed E-state index contributed by atoms with van der Waals surface area (Å²) in [6.07, 6.45) is -0.185. The van der Waals surface area contributed by atoms with E-state index >= 15 is 0 Å². The lowest BCUT2D eigenvalue weighted by atomic mass is 10.1. The molecule has 0 radical (unpaired) electrons. The quantitative estimate of drug-likeness (QED) is 0.566. The van der Waals surface area contributed by atoms with Crippen molar-refractivity contribution in [1.82, 2.24) is 0 Å². The number of esters is 1. The van der Waals surface area contributed by atoms with Crippen LogP contribution in [0.3, 0.4) is 0 Å². The van der Waals surface area contributed by atoms with Gasteiger partial charge in [-0.1, -0.05) is 30.3 Å². The first kappa shape index (κ1) is 18.9. The molecule has 2 rings (SSSR count). The topological polar surface area (TPSA) is 87.5 Å². The summed E-state index contributed by atoms with van der Waals surface area (Å²) < 4.78 is 5.25. The highest BCUT2D eigenvalue weighted by atomic mass is 16.5. The van der Waals surface area contributed by atoms with E-state index in [0.717, 1.165) is 0 Å². The summed E-state index contributed by atoms with van der Waals surface area (Å²) in [5, 5.41) is 8.82. The maximum atomic E-state index is 12.7. The average molecular weight is 350 g/mol. The Bertz CT molecular complexity index is 810. The minimum atomic E-state index is -1.02. The Morgan fingerprint density at radius 2 is 1.81 bits per heavy atom. The van der Waals surface area contributed by atoms with Crippen LogP contribution in [0.15, 0.2) is 54.6 Å². The molecule has 6 nitrogen and oxygen atoms in total. The van der Waals surface area contributed by atoms with Gasteiger partial charge in [-0.2, -0.15) is 5.26 Å². The van der Waals surface area contributed by atoms with Gasteiger partial charge in [-0.05, 0) is 31.2 Å². The van der Waals surface area contributed by atoms with Gasteiger partial charge in [0.25, 0.3) is 5.91 Å². The standard InChI is InChI=1S/C20H18N2O4/c1-15(26-20(25)17-10-8-16(14-23)9-11-17)19(24)22(13-5-12-21)18-6-3-2-4-7-18/h2-4,6-11,14-15H,5,13H2,1H3. The molecule has 0 aliphatic rings. The van der Waals surface area contributed by atoms with Gasteiger partial charge in [0.15, 0.2) is 6.10 Å². The van der Waals surface area contributed by atoms with Crippen molar-refractivity contribution in [3.05, 3.63) is 65.7 Å². The SMILES string of the molecule is CC(OC(=O)c1ccc(C=O)cc1)C(=O)N(CCC#N)c1ccccc1. The Kier molecular flexibility index (Phi) is 6.63. The molecule has 0 aromatic heterocycles. The zero-order valence-corrected chi connectivity index (χ0v) is 14.3. The second kappa shape index (κ2) is 9.14. The third-order valence-corrected chi connectivity index (χ3v) is 3.70. The predicted molar refractivity (Wildman–Crippen MR) is 95.7 cm³/mol. The van der Waals surface area contributed by atoms with E-state index in [4.69, 9.17) is 10.00 Å². The van der Waals surface area contributed by atoms with Crippen molar-refractivity contribution in [3.8, 4) is 6.07 Å². The largest absolute Gasteiger partial charge is 0.449 e. The number of hydrogen-bond donors (Lipinski definition) is 0. The van der Waals surface area contributed by atoms with Crippen LogP contribution >= 0.6 is 0 Å². The number of aldehydes is 1. The van der Waals surface area contributed by atoms with Gasteiger partial charge < -0.3 is 9.64 Å². The first-order chi connectivity index (χ1) is 12.6. The lowest BCUT2D eigenvalue weighted by Gasteiger charge is -2.25. The minimum Gasteiger partial charge on any atom is -0.449 e. The predicted octanol–water partition coefficient (Wildman–Crippen LogP) is 2.99. The molecule has 0 fully saturated rings. The van der Waals surface area contributed by atoms with Crippen molar-refractivity contribution < 1.29 is 19.1 Å². The van der Waals surface area contributed by atoms with Crippen LogP contribution in [0.4, 0.5) is 5.69 Å². The summed E-state index contributed by atoms with van der Waals surface area (Å²) in [4.78, 5) is 37.0. The van der Waals surface area contributed by atoms with Crippen LogP contribution in [0.25, 0.3) is 0 Å². The van der Waals surface area contributed by atoms with Crippen LogP contribution in [0.2, 0.25) is 0 Å². The van der Waals surface area contributed by atoms with E-state index in [1.807, 2.05) is 12.1 Å². The summed E-state index contributed by atoms with van der Waals surface area (Å²) in [5.41, 5.74) is 1.32. The van der Waals surface area contributed by atoms with Crippen LogP contribution < -0.4 is 4.90 Å². The molecular formula is C20H18N2O4. The van der Waals surface area contributed by atoms with Crippen molar-refractivity contribution in [2.24, 2.45) is 0 Å². The van der Waals surface area contributed by atoms with Gasteiger partial charge in [-0.25, -0.2) is 4.79 Å². The number of carbonyl (C=O) groups is 3. The highest BCUT2D eigenvalue weighted by molar-refractivity contribution is 5.99. The van der Waals surface area contributed by atoms with Crippen LogP contribution in [-0.4, -0.2) is 30.8 Å². The first-order valence-electron chi connectivity index (χ1n) is 8.06. The van der Waals surface area contributed by atoms with Gasteiger partial charge in [0.05, 0.1) is 18.1 Å². The van der Waals surface area contributed by atoms with Crippen LogP contribution in [0.5, 0.6) is 0 Å². The Morgan fingerprint density at radius 3 is 2.38 bits per heavy atom. The molecule has 132 valence electrons. The maximum Gasteiger partial charge on any atom is 0.338 e. The molecule has 0 aliphatic carbocycles. The summed E-state index contributed by atoms with van der Waals surface area (Å²) in [6, 6.07) is 16.8. The molecule has 0 saturated carbocycles. The monoisotopic (exact) mass is 350 g/mol. The molecule has 0 N–H and O–H groups in total. The third-order valence-electron chi connectivity index (χ3n) is 3.70. The summed E-state index contributed by atoms with van der Waals surface area (Å²) in [5.74, 6) is -1.07. The van der Waals surface area contributed by atoms with Gasteiger partial charge >= 0.3 is 5.97 Å². The van der Waals surface area contributed by atoms with E-state index < -0.39 is 18.0 Å². The molecule has 0 spiro atoms. The molecule has 1 unspecified atom stereocenters. The molecule has 0 aliphatic heterocycles. The minimum absolute atomic E-state index is 0.161. The van der Waals surface area contributed by atoms with E-state index in [0.29, 0.717) is 17.5 Å². The fourth-order valence-electron chi connectivity index (χ4n) is 2.33. The summed E-state index contributed by atoms with van der Waals surface area (Å²) >= 11 is 0. The van der Waals surface area contributed by atoms with Gasteiger partial charge in [0, 0.05) is 17.8 Å². The molecule has 26 heavy (non-hydrogen) atoms. The highest BCUT2D eigenvalue weighted by Gasteiger charge is 2.25.